The molecule has 0 aliphatic carbocycles. The number of ether oxygens (including phenoxy) is 2. The number of rotatable bonds is 3. The molecule has 0 bridgehead atoms. The molecule has 2 N–H and O–H groups in total. The lowest BCUT2D eigenvalue weighted by Crippen LogP contribution is -2.53. The third-order valence-electron chi connectivity index (χ3n) is 6.90. The molecule has 4 rings (SSSR count). The van der Waals surface area contributed by atoms with Gasteiger partial charge in [0.25, 0.3) is 5.91 Å². The van der Waals surface area contributed by atoms with E-state index in [9.17, 15) is 14.4 Å². The Kier molecular flexibility index (Phi) is 7.59. The maximum Gasteiger partial charge on any atom is 0.260 e. The summed E-state index contributed by atoms with van der Waals surface area (Å²) in [5.74, 6) is 0.391. The summed E-state index contributed by atoms with van der Waals surface area (Å²) in [5.41, 5.74) is -0.626. The number of hydrogen-bond donors (Lipinski definition) is 2. The van der Waals surface area contributed by atoms with Crippen LogP contribution >= 0.6 is 0 Å². The molecule has 0 aromatic carbocycles. The van der Waals surface area contributed by atoms with E-state index in [0.717, 1.165) is 12.8 Å². The summed E-state index contributed by atoms with van der Waals surface area (Å²) in [6, 6.07) is 3.58. The number of amides is 3. The van der Waals surface area contributed by atoms with Crippen molar-refractivity contribution >= 4 is 17.7 Å². The zero-order valence-corrected chi connectivity index (χ0v) is 18.8. The van der Waals surface area contributed by atoms with Crippen LogP contribution in [-0.4, -0.2) is 73.1 Å². The number of likely N-dealkylation sites (tertiary alicyclic amines) is 1. The number of aromatic nitrogens is 1. The Balaban J connectivity index is 1.36. The van der Waals surface area contributed by atoms with Crippen molar-refractivity contribution in [3.63, 3.8) is 0 Å². The highest BCUT2D eigenvalue weighted by atomic mass is 16.5. The fraction of sp³-hybridized carbons (Fsp3) is 0.583. The van der Waals surface area contributed by atoms with Crippen LogP contribution in [0.2, 0.25) is 0 Å². The highest BCUT2D eigenvalue weighted by Gasteiger charge is 2.41. The van der Waals surface area contributed by atoms with Crippen molar-refractivity contribution in [2.24, 2.45) is 11.3 Å². The van der Waals surface area contributed by atoms with Gasteiger partial charge in [-0.2, -0.15) is 0 Å². The lowest BCUT2D eigenvalue weighted by Gasteiger charge is -2.40. The first-order chi connectivity index (χ1) is 16.1. The van der Waals surface area contributed by atoms with E-state index in [0.29, 0.717) is 51.3 Å². The molecule has 2 fully saturated rings. The summed E-state index contributed by atoms with van der Waals surface area (Å²) >= 11 is 0. The molecule has 4 heterocycles. The van der Waals surface area contributed by atoms with Gasteiger partial charge in [0.15, 0.2) is 6.61 Å². The van der Waals surface area contributed by atoms with Crippen molar-refractivity contribution in [2.75, 3.05) is 39.5 Å². The summed E-state index contributed by atoms with van der Waals surface area (Å²) in [5, 5.41) is 5.91. The predicted octanol–water partition coefficient (Wildman–Crippen LogP) is 1.06. The topological polar surface area (TPSA) is 110 Å². The standard InChI is InChI=1S/C24H32N4O5/c29-21-15-26-23(31)24(7-2-1-4-18-16-32-13-6-20(18)27-21)8-11-28(12-9-24)22(30)17-33-19-5-3-10-25-14-19/h1-3,5,10,14,18,20H,4,6-9,11-13,15-17H2,(H,26,31)(H,27,29)/b2-1+/t18-,20-/m0/s1. The molecule has 0 saturated carbocycles. The van der Waals surface area contributed by atoms with E-state index in [1.807, 2.05) is 0 Å². The SMILES string of the molecule is O=C1CNC(=O)C2(C/C=C/C[C@H]3COCC[C@@H]3N1)CCN(C(=O)COc1cccnc1)CC2. The minimum Gasteiger partial charge on any atom is -0.482 e. The minimum atomic E-state index is -0.626. The van der Waals surface area contributed by atoms with Gasteiger partial charge in [0, 0.05) is 37.9 Å². The van der Waals surface area contributed by atoms with E-state index in [2.05, 4.69) is 27.8 Å². The molecular formula is C24H32N4O5. The molecule has 1 aromatic heterocycles. The average molecular weight is 457 g/mol. The third kappa shape index (κ3) is 5.90. The van der Waals surface area contributed by atoms with Crippen LogP contribution in [0.4, 0.5) is 0 Å². The van der Waals surface area contributed by atoms with Gasteiger partial charge in [-0.3, -0.25) is 19.4 Å². The minimum absolute atomic E-state index is 0.0318. The first-order valence-corrected chi connectivity index (χ1v) is 11.7. The predicted molar refractivity (Wildman–Crippen MR) is 120 cm³/mol. The van der Waals surface area contributed by atoms with E-state index < -0.39 is 5.41 Å². The van der Waals surface area contributed by atoms with Gasteiger partial charge in [0.05, 0.1) is 24.8 Å². The van der Waals surface area contributed by atoms with Gasteiger partial charge in [0.2, 0.25) is 11.8 Å². The van der Waals surface area contributed by atoms with E-state index >= 15 is 0 Å². The number of carbonyl (C=O) groups is 3. The van der Waals surface area contributed by atoms with Crippen LogP contribution in [0.1, 0.15) is 32.1 Å². The van der Waals surface area contributed by atoms with Gasteiger partial charge < -0.3 is 25.0 Å². The number of nitrogens with zero attached hydrogens (tertiary/aromatic N) is 2. The zero-order valence-electron chi connectivity index (χ0n) is 18.8. The van der Waals surface area contributed by atoms with E-state index in [1.165, 1.54) is 0 Å². The molecule has 178 valence electrons. The molecule has 3 amide bonds. The smallest absolute Gasteiger partial charge is 0.260 e. The fourth-order valence-electron chi connectivity index (χ4n) is 4.78. The number of carbonyl (C=O) groups excluding carboxylic acids is 3. The Bertz CT molecular complexity index is 867. The second-order valence-electron chi connectivity index (χ2n) is 9.03. The fourth-order valence-corrected chi connectivity index (χ4v) is 4.78. The largest absolute Gasteiger partial charge is 0.482 e. The summed E-state index contributed by atoms with van der Waals surface area (Å²) < 4.78 is 11.1. The molecule has 9 heteroatoms. The number of pyridine rings is 1. The highest BCUT2D eigenvalue weighted by molar-refractivity contribution is 5.88. The monoisotopic (exact) mass is 456 g/mol. The maximum absolute atomic E-state index is 13.1. The van der Waals surface area contributed by atoms with Crippen molar-refractivity contribution in [3.05, 3.63) is 36.7 Å². The number of fused-ring (bicyclic) bond motifs is 1. The quantitative estimate of drug-likeness (QED) is 0.658. The molecular weight excluding hydrogens is 424 g/mol. The van der Waals surface area contributed by atoms with Crippen molar-refractivity contribution in [2.45, 2.75) is 38.1 Å². The third-order valence-corrected chi connectivity index (χ3v) is 6.90. The highest BCUT2D eigenvalue weighted by Crippen LogP contribution is 2.36. The van der Waals surface area contributed by atoms with Crippen molar-refractivity contribution in [1.29, 1.82) is 0 Å². The van der Waals surface area contributed by atoms with Gasteiger partial charge in [-0.15, -0.1) is 0 Å². The van der Waals surface area contributed by atoms with Crippen LogP contribution in [0.15, 0.2) is 36.7 Å². The Hall–Kier alpha value is -2.94. The van der Waals surface area contributed by atoms with Crippen molar-refractivity contribution < 1.29 is 23.9 Å². The number of piperidine rings is 1. The Morgan fingerprint density at radius 1 is 1.27 bits per heavy atom. The molecule has 0 unspecified atom stereocenters. The molecule has 2 saturated heterocycles. The van der Waals surface area contributed by atoms with Gasteiger partial charge in [-0.25, -0.2) is 0 Å². The normalized spacial score (nSPS) is 26.7. The number of nitrogens with one attached hydrogen (secondary N) is 2. The first kappa shape index (κ1) is 23.2. The van der Waals surface area contributed by atoms with Crippen LogP contribution in [0.25, 0.3) is 0 Å². The lowest BCUT2D eigenvalue weighted by molar-refractivity contribution is -0.142. The van der Waals surface area contributed by atoms with Crippen molar-refractivity contribution in [3.8, 4) is 5.75 Å². The van der Waals surface area contributed by atoms with E-state index in [-0.39, 0.29) is 42.8 Å². The van der Waals surface area contributed by atoms with Crippen LogP contribution in [0.5, 0.6) is 5.75 Å². The molecule has 33 heavy (non-hydrogen) atoms. The van der Waals surface area contributed by atoms with Crippen LogP contribution in [-0.2, 0) is 19.1 Å². The molecule has 0 radical (unpaired) electrons. The summed E-state index contributed by atoms with van der Waals surface area (Å²) in [7, 11) is 0. The molecule has 1 aromatic rings. The van der Waals surface area contributed by atoms with Gasteiger partial charge in [-0.1, -0.05) is 12.2 Å². The Morgan fingerprint density at radius 2 is 2.12 bits per heavy atom. The van der Waals surface area contributed by atoms with Gasteiger partial charge >= 0.3 is 0 Å². The van der Waals surface area contributed by atoms with Gasteiger partial charge in [-0.05, 0) is 44.2 Å². The van der Waals surface area contributed by atoms with Crippen molar-refractivity contribution in [1.82, 2.24) is 20.5 Å². The summed E-state index contributed by atoms with van der Waals surface area (Å²) in [6.45, 7) is 2.13. The lowest BCUT2D eigenvalue weighted by atomic mass is 9.74. The Labute approximate surface area is 193 Å². The first-order valence-electron chi connectivity index (χ1n) is 11.7. The molecule has 3 aliphatic heterocycles. The molecule has 3 aliphatic rings. The number of allylic oxidation sites excluding steroid dienone is 2. The van der Waals surface area contributed by atoms with Crippen LogP contribution in [0, 0.1) is 11.3 Å². The van der Waals surface area contributed by atoms with Gasteiger partial charge in [0.1, 0.15) is 5.75 Å². The van der Waals surface area contributed by atoms with Crippen LogP contribution < -0.4 is 15.4 Å². The summed E-state index contributed by atoms with van der Waals surface area (Å²) in [6.07, 6.45) is 10.7. The van der Waals surface area contributed by atoms with E-state index in [4.69, 9.17) is 9.47 Å². The average Bonchev–Trinajstić information content (AvgIpc) is 2.85. The maximum atomic E-state index is 13.1. The zero-order chi connectivity index (χ0) is 23.1. The van der Waals surface area contributed by atoms with Crippen LogP contribution in [0.3, 0.4) is 0 Å². The Morgan fingerprint density at radius 3 is 2.91 bits per heavy atom. The van der Waals surface area contributed by atoms with E-state index in [1.54, 1.807) is 29.4 Å². The second-order valence-corrected chi connectivity index (χ2v) is 9.03. The molecule has 1 spiro atoms. The molecule has 2 atom stereocenters. The molecule has 9 nitrogen and oxygen atoms in total. The number of hydrogen-bond acceptors (Lipinski definition) is 6. The summed E-state index contributed by atoms with van der Waals surface area (Å²) in [4.78, 5) is 43.9. The second kappa shape index (κ2) is 10.8.